The second-order valence-electron chi connectivity index (χ2n) is 9.14. The maximum atomic E-state index is 4.80. The maximum absolute atomic E-state index is 4.80. The minimum absolute atomic E-state index is 0.414. The Balaban J connectivity index is 1.56. The van der Waals surface area contributed by atoms with Crippen LogP contribution in [0.3, 0.4) is 0 Å². The molecular weight excluding hydrogens is 334 g/mol. The van der Waals surface area contributed by atoms with E-state index in [1.807, 2.05) is 13.0 Å². The molecule has 27 heavy (non-hydrogen) atoms. The third kappa shape index (κ3) is 3.93. The normalized spacial score (nSPS) is 25.3. The molecule has 144 valence electrons. The average Bonchev–Trinajstić information content (AvgIpc) is 3.06. The summed E-state index contributed by atoms with van der Waals surface area (Å²) in [5.41, 5.74) is 7.57. The Morgan fingerprint density at radius 1 is 1.11 bits per heavy atom. The first kappa shape index (κ1) is 18.2. The van der Waals surface area contributed by atoms with Crippen LogP contribution in [0.2, 0.25) is 0 Å². The average molecular weight is 366 g/mol. The van der Waals surface area contributed by atoms with Gasteiger partial charge in [0.2, 0.25) is 0 Å². The van der Waals surface area contributed by atoms with Gasteiger partial charge in [0.15, 0.2) is 11.7 Å². The van der Waals surface area contributed by atoms with E-state index in [4.69, 9.17) is 4.99 Å². The van der Waals surface area contributed by atoms with Gasteiger partial charge >= 0.3 is 0 Å². The molecule has 0 bridgehead atoms. The molecule has 4 rings (SSSR count). The topological polar surface area (TPSA) is 56.3 Å². The largest absolute Gasteiger partial charge is 0.302 e. The fraction of sp³-hybridized carbons (Fsp3) is 0.545. The first-order chi connectivity index (χ1) is 12.9. The monoisotopic (exact) mass is 365 g/mol. The van der Waals surface area contributed by atoms with E-state index < -0.39 is 0 Å². The van der Waals surface area contributed by atoms with E-state index in [9.17, 15) is 0 Å². The molecule has 1 aromatic heterocycles. The lowest BCUT2D eigenvalue weighted by molar-refractivity contribution is 0.0702. The van der Waals surface area contributed by atoms with Gasteiger partial charge in [-0.05, 0) is 49.5 Å². The van der Waals surface area contributed by atoms with Gasteiger partial charge in [0.05, 0.1) is 0 Å². The van der Waals surface area contributed by atoms with Crippen LogP contribution < -0.4 is 5.43 Å². The number of aromatic nitrogens is 2. The Labute approximate surface area is 162 Å². The standard InChI is InChI=1S/C22H31N5/c1-15-13-20(25-24-15)23-21-19-8-6-5-7-16(19)14-27(26-21)18-11-9-17(10-12-18)22(2,3)4/h5-8,13,17-18H,9-12,14H2,1-4H3,(H2,23,24,25,26). The zero-order chi connectivity index (χ0) is 19.0. The lowest BCUT2D eigenvalue weighted by Gasteiger charge is -2.43. The number of fused-ring (bicyclic) bond motifs is 1. The van der Waals surface area contributed by atoms with Gasteiger partial charge in [-0.3, -0.25) is 5.10 Å². The van der Waals surface area contributed by atoms with Crippen molar-refractivity contribution in [1.82, 2.24) is 20.6 Å². The molecule has 2 aliphatic rings. The molecule has 5 heteroatoms. The SMILES string of the molecule is Cc1cc(N=C2NN(C3CCC(C(C)(C)C)CC3)Cc3ccccc32)n[nH]1. The lowest BCUT2D eigenvalue weighted by atomic mass is 9.71. The number of benzene rings is 1. The Bertz CT molecular complexity index is 821. The third-order valence-electron chi connectivity index (χ3n) is 6.14. The van der Waals surface area contributed by atoms with Crippen molar-refractivity contribution in [1.29, 1.82) is 0 Å². The Morgan fingerprint density at radius 2 is 1.85 bits per heavy atom. The minimum Gasteiger partial charge on any atom is -0.302 e. The highest BCUT2D eigenvalue weighted by Gasteiger charge is 2.34. The summed E-state index contributed by atoms with van der Waals surface area (Å²) < 4.78 is 0. The van der Waals surface area contributed by atoms with Gasteiger partial charge in [0.1, 0.15) is 0 Å². The number of nitrogens with one attached hydrogen (secondary N) is 2. The second kappa shape index (κ2) is 7.12. The lowest BCUT2D eigenvalue weighted by Crippen LogP contribution is -2.52. The molecule has 2 heterocycles. The number of aliphatic imine (C=N–C) groups is 1. The van der Waals surface area contributed by atoms with Gasteiger partial charge in [0, 0.05) is 29.9 Å². The summed E-state index contributed by atoms with van der Waals surface area (Å²) in [7, 11) is 0. The summed E-state index contributed by atoms with van der Waals surface area (Å²) in [6.07, 6.45) is 5.09. The number of hydrogen-bond donors (Lipinski definition) is 2. The number of hydrogen-bond acceptors (Lipinski definition) is 3. The van der Waals surface area contributed by atoms with Gasteiger partial charge in [0.25, 0.3) is 0 Å². The van der Waals surface area contributed by atoms with Crippen molar-refractivity contribution < 1.29 is 0 Å². The zero-order valence-electron chi connectivity index (χ0n) is 16.9. The summed E-state index contributed by atoms with van der Waals surface area (Å²) in [6.45, 7) is 10.1. The van der Waals surface area contributed by atoms with Crippen molar-refractivity contribution in [3.8, 4) is 0 Å². The smallest absolute Gasteiger partial charge is 0.175 e. The van der Waals surface area contributed by atoms with Gasteiger partial charge in [-0.1, -0.05) is 45.0 Å². The van der Waals surface area contributed by atoms with Crippen molar-refractivity contribution in [3.63, 3.8) is 0 Å². The first-order valence-electron chi connectivity index (χ1n) is 10.1. The molecule has 0 saturated heterocycles. The summed E-state index contributed by atoms with van der Waals surface area (Å²) in [6, 6.07) is 11.1. The molecule has 2 N–H and O–H groups in total. The van der Waals surface area contributed by atoms with Crippen LogP contribution in [0, 0.1) is 18.3 Å². The molecule has 1 fully saturated rings. The van der Waals surface area contributed by atoms with E-state index >= 15 is 0 Å². The fourth-order valence-electron chi connectivity index (χ4n) is 4.44. The fourth-order valence-corrected chi connectivity index (χ4v) is 4.44. The summed E-state index contributed by atoms with van der Waals surface area (Å²) in [5, 5.41) is 9.67. The Kier molecular flexibility index (Phi) is 4.81. The molecule has 5 nitrogen and oxygen atoms in total. The number of aromatic amines is 1. The van der Waals surface area contributed by atoms with Crippen molar-refractivity contribution in [2.24, 2.45) is 16.3 Å². The van der Waals surface area contributed by atoms with Gasteiger partial charge in [-0.25, -0.2) is 10.0 Å². The first-order valence-corrected chi connectivity index (χ1v) is 10.1. The quantitative estimate of drug-likeness (QED) is 0.809. The van der Waals surface area contributed by atoms with Crippen molar-refractivity contribution in [2.75, 3.05) is 0 Å². The second-order valence-corrected chi connectivity index (χ2v) is 9.14. The van der Waals surface area contributed by atoms with Crippen LogP contribution in [-0.2, 0) is 6.54 Å². The molecule has 1 aromatic carbocycles. The van der Waals surface area contributed by atoms with Crippen LogP contribution >= 0.6 is 0 Å². The maximum Gasteiger partial charge on any atom is 0.175 e. The summed E-state index contributed by atoms with van der Waals surface area (Å²) in [5.74, 6) is 2.45. The molecule has 0 unspecified atom stereocenters. The van der Waals surface area contributed by atoms with Crippen molar-refractivity contribution in [2.45, 2.75) is 66.0 Å². The van der Waals surface area contributed by atoms with E-state index in [0.29, 0.717) is 11.5 Å². The van der Waals surface area contributed by atoms with E-state index in [0.717, 1.165) is 29.8 Å². The van der Waals surface area contributed by atoms with E-state index in [1.54, 1.807) is 0 Å². The minimum atomic E-state index is 0.414. The molecule has 1 aliphatic carbocycles. The Morgan fingerprint density at radius 3 is 2.52 bits per heavy atom. The summed E-state index contributed by atoms with van der Waals surface area (Å²) >= 11 is 0. The third-order valence-corrected chi connectivity index (χ3v) is 6.14. The number of nitrogens with zero attached hydrogens (tertiary/aromatic N) is 3. The predicted octanol–water partition coefficient (Wildman–Crippen LogP) is 4.72. The molecule has 0 amide bonds. The van der Waals surface area contributed by atoms with Crippen LogP contribution in [-0.4, -0.2) is 27.1 Å². The molecule has 2 aromatic rings. The van der Waals surface area contributed by atoms with E-state index in [1.165, 1.54) is 36.8 Å². The number of hydrazine groups is 1. The van der Waals surface area contributed by atoms with Crippen LogP contribution in [0.1, 0.15) is 63.3 Å². The van der Waals surface area contributed by atoms with E-state index in [-0.39, 0.29) is 0 Å². The molecule has 0 atom stereocenters. The summed E-state index contributed by atoms with van der Waals surface area (Å²) in [4.78, 5) is 4.80. The Hall–Kier alpha value is -2.14. The van der Waals surface area contributed by atoms with Gasteiger partial charge in [-0.2, -0.15) is 5.10 Å². The zero-order valence-corrected chi connectivity index (χ0v) is 16.9. The van der Waals surface area contributed by atoms with E-state index in [2.05, 4.69) is 65.7 Å². The van der Waals surface area contributed by atoms with Crippen LogP contribution in [0.5, 0.6) is 0 Å². The van der Waals surface area contributed by atoms with Crippen molar-refractivity contribution in [3.05, 3.63) is 47.2 Å². The van der Waals surface area contributed by atoms with Gasteiger partial charge in [-0.15, -0.1) is 0 Å². The highest BCUT2D eigenvalue weighted by Crippen LogP contribution is 2.39. The van der Waals surface area contributed by atoms with Crippen LogP contribution in [0.25, 0.3) is 0 Å². The molecule has 0 radical (unpaired) electrons. The van der Waals surface area contributed by atoms with Gasteiger partial charge < -0.3 is 5.43 Å². The molecule has 1 saturated carbocycles. The number of aryl methyl sites for hydroxylation is 1. The molecule has 1 aliphatic heterocycles. The van der Waals surface area contributed by atoms with Crippen LogP contribution in [0.4, 0.5) is 5.82 Å². The molecular formula is C22H31N5. The highest BCUT2D eigenvalue weighted by molar-refractivity contribution is 6.01. The van der Waals surface area contributed by atoms with Crippen molar-refractivity contribution >= 4 is 11.7 Å². The highest BCUT2D eigenvalue weighted by atomic mass is 15.5. The van der Waals surface area contributed by atoms with Crippen LogP contribution in [0.15, 0.2) is 35.3 Å². The number of amidine groups is 1. The predicted molar refractivity (Wildman–Crippen MR) is 110 cm³/mol. The number of H-pyrrole nitrogens is 1. The molecule has 0 spiro atoms. The number of rotatable bonds is 2.